The van der Waals surface area contributed by atoms with Gasteiger partial charge in [-0.3, -0.25) is 0 Å². The van der Waals surface area contributed by atoms with Gasteiger partial charge >= 0.3 is 0 Å². The average Bonchev–Trinajstić information content (AvgIpc) is 2.71. The lowest BCUT2D eigenvalue weighted by atomic mass is 10.2. The molecule has 3 rings (SSSR count). The van der Waals surface area contributed by atoms with Crippen molar-refractivity contribution >= 4 is 43.0 Å². The molecule has 0 spiro atoms. The number of phenolic OH excluding ortho intramolecular Hbond substituents is 1. The fourth-order valence-electron chi connectivity index (χ4n) is 1.70. The van der Waals surface area contributed by atoms with Gasteiger partial charge in [0.15, 0.2) is 5.58 Å². The smallest absolute Gasteiger partial charge is 0.231 e. The van der Waals surface area contributed by atoms with E-state index in [1.54, 1.807) is 12.1 Å². The van der Waals surface area contributed by atoms with E-state index in [1.165, 1.54) is 0 Å². The van der Waals surface area contributed by atoms with E-state index in [-0.39, 0.29) is 5.75 Å². The van der Waals surface area contributed by atoms with Gasteiger partial charge in [-0.05, 0) is 36.4 Å². The van der Waals surface area contributed by atoms with Gasteiger partial charge in [-0.2, -0.15) is 0 Å². The molecule has 3 aromatic rings. The van der Waals surface area contributed by atoms with Crippen LogP contribution < -0.4 is 0 Å². The summed E-state index contributed by atoms with van der Waals surface area (Å²) < 4.78 is 7.37. The molecule has 0 fully saturated rings. The second kappa shape index (κ2) is 4.40. The molecule has 2 aromatic carbocycles. The second-order valence-electron chi connectivity index (χ2n) is 3.79. The zero-order chi connectivity index (χ0) is 12.7. The molecular weight excluding hydrogens is 362 g/mol. The first kappa shape index (κ1) is 11.7. The molecule has 0 atom stereocenters. The van der Waals surface area contributed by atoms with Crippen LogP contribution >= 0.6 is 31.9 Å². The van der Waals surface area contributed by atoms with Crippen LogP contribution in [0.2, 0.25) is 0 Å². The summed E-state index contributed by atoms with van der Waals surface area (Å²) in [6.45, 7) is 0. The molecule has 90 valence electrons. The highest BCUT2D eigenvalue weighted by Crippen LogP contribution is 2.33. The Labute approximate surface area is 120 Å². The van der Waals surface area contributed by atoms with Gasteiger partial charge in [-0.25, -0.2) is 4.98 Å². The van der Waals surface area contributed by atoms with Crippen molar-refractivity contribution in [3.05, 3.63) is 45.3 Å². The third-order valence-corrected chi connectivity index (χ3v) is 3.53. The molecule has 18 heavy (non-hydrogen) atoms. The predicted molar refractivity (Wildman–Crippen MR) is 76.5 cm³/mol. The third-order valence-electron chi connectivity index (χ3n) is 2.54. The van der Waals surface area contributed by atoms with Gasteiger partial charge in [0.1, 0.15) is 11.3 Å². The first-order chi connectivity index (χ1) is 8.63. The number of aromatic nitrogens is 1. The number of benzene rings is 2. The van der Waals surface area contributed by atoms with Gasteiger partial charge in [0.05, 0.1) is 5.56 Å². The van der Waals surface area contributed by atoms with Crippen molar-refractivity contribution in [1.82, 2.24) is 4.98 Å². The quantitative estimate of drug-likeness (QED) is 0.675. The van der Waals surface area contributed by atoms with Gasteiger partial charge in [-0.1, -0.05) is 31.9 Å². The van der Waals surface area contributed by atoms with Crippen LogP contribution in [-0.2, 0) is 0 Å². The Hall–Kier alpha value is -1.33. The molecule has 0 saturated carbocycles. The monoisotopic (exact) mass is 367 g/mol. The minimum atomic E-state index is 0.134. The largest absolute Gasteiger partial charge is 0.507 e. The Morgan fingerprint density at radius 1 is 1.00 bits per heavy atom. The first-order valence-corrected chi connectivity index (χ1v) is 6.77. The fourth-order valence-corrected chi connectivity index (χ4v) is 2.40. The van der Waals surface area contributed by atoms with E-state index in [0.29, 0.717) is 17.0 Å². The lowest BCUT2D eigenvalue weighted by molar-refractivity contribution is 0.473. The Balaban J connectivity index is 2.19. The van der Waals surface area contributed by atoms with Crippen molar-refractivity contribution in [1.29, 1.82) is 0 Å². The molecule has 1 N–H and O–H groups in total. The molecular formula is C13H7Br2NO2. The molecule has 0 amide bonds. The van der Waals surface area contributed by atoms with Crippen LogP contribution in [-0.4, -0.2) is 10.1 Å². The average molecular weight is 369 g/mol. The number of nitrogens with zero attached hydrogens (tertiary/aromatic N) is 1. The van der Waals surface area contributed by atoms with Crippen LogP contribution in [0, 0.1) is 0 Å². The molecule has 0 aliphatic rings. The summed E-state index contributed by atoms with van der Waals surface area (Å²) in [5, 5.41) is 9.89. The number of hydrogen-bond acceptors (Lipinski definition) is 3. The maximum absolute atomic E-state index is 9.89. The van der Waals surface area contributed by atoms with E-state index in [4.69, 9.17) is 4.42 Å². The molecule has 0 aliphatic heterocycles. The summed E-state index contributed by atoms with van der Waals surface area (Å²) in [4.78, 5) is 4.36. The van der Waals surface area contributed by atoms with Crippen LogP contribution in [0.25, 0.3) is 22.6 Å². The molecule has 0 saturated heterocycles. The maximum atomic E-state index is 9.89. The van der Waals surface area contributed by atoms with Crippen molar-refractivity contribution in [3.63, 3.8) is 0 Å². The predicted octanol–water partition coefficient (Wildman–Crippen LogP) is 4.73. The Morgan fingerprint density at radius 2 is 1.72 bits per heavy atom. The normalized spacial score (nSPS) is 11.0. The molecule has 0 bridgehead atoms. The molecule has 1 aromatic heterocycles. The standard InChI is InChI=1S/C13H7Br2NO2/c14-7-2-4-12-10(5-7)16-13(18-12)9-3-1-8(15)6-11(9)17/h1-6,17H. The number of halogens is 2. The van der Waals surface area contributed by atoms with E-state index in [1.807, 2.05) is 24.3 Å². The zero-order valence-electron chi connectivity index (χ0n) is 9.02. The van der Waals surface area contributed by atoms with Crippen molar-refractivity contribution < 1.29 is 9.52 Å². The number of oxazole rings is 1. The summed E-state index contributed by atoms with van der Waals surface area (Å²) in [7, 11) is 0. The summed E-state index contributed by atoms with van der Waals surface area (Å²) in [5.74, 6) is 0.545. The SMILES string of the molecule is Oc1cc(Br)ccc1-c1nc2cc(Br)ccc2o1. The Bertz CT molecular complexity index is 737. The van der Waals surface area contributed by atoms with Crippen molar-refractivity contribution in [2.45, 2.75) is 0 Å². The first-order valence-electron chi connectivity index (χ1n) is 5.18. The van der Waals surface area contributed by atoms with E-state index in [0.717, 1.165) is 14.5 Å². The highest BCUT2D eigenvalue weighted by atomic mass is 79.9. The Kier molecular flexibility index (Phi) is 2.87. The zero-order valence-corrected chi connectivity index (χ0v) is 12.2. The van der Waals surface area contributed by atoms with E-state index >= 15 is 0 Å². The van der Waals surface area contributed by atoms with Gasteiger partial charge in [0.25, 0.3) is 0 Å². The van der Waals surface area contributed by atoms with E-state index in [2.05, 4.69) is 36.8 Å². The number of fused-ring (bicyclic) bond motifs is 1. The van der Waals surface area contributed by atoms with Gasteiger partial charge < -0.3 is 9.52 Å². The second-order valence-corrected chi connectivity index (χ2v) is 5.62. The Morgan fingerprint density at radius 3 is 2.50 bits per heavy atom. The van der Waals surface area contributed by atoms with Crippen LogP contribution in [0.4, 0.5) is 0 Å². The lowest BCUT2D eigenvalue weighted by Gasteiger charge is -1.99. The van der Waals surface area contributed by atoms with Crippen LogP contribution in [0.1, 0.15) is 0 Å². The summed E-state index contributed by atoms with van der Waals surface area (Å²) in [6.07, 6.45) is 0. The van der Waals surface area contributed by atoms with Gasteiger partial charge in [0.2, 0.25) is 5.89 Å². The highest BCUT2D eigenvalue weighted by molar-refractivity contribution is 9.10. The maximum Gasteiger partial charge on any atom is 0.231 e. The van der Waals surface area contributed by atoms with Crippen LogP contribution in [0.5, 0.6) is 5.75 Å². The topological polar surface area (TPSA) is 46.3 Å². The molecule has 3 nitrogen and oxygen atoms in total. The number of phenols is 1. The van der Waals surface area contributed by atoms with E-state index in [9.17, 15) is 5.11 Å². The van der Waals surface area contributed by atoms with Crippen LogP contribution in [0.3, 0.4) is 0 Å². The fraction of sp³-hybridized carbons (Fsp3) is 0. The third kappa shape index (κ3) is 2.04. The van der Waals surface area contributed by atoms with Crippen molar-refractivity contribution in [2.24, 2.45) is 0 Å². The number of hydrogen-bond donors (Lipinski definition) is 1. The summed E-state index contributed by atoms with van der Waals surface area (Å²) in [5.41, 5.74) is 2.02. The molecule has 0 unspecified atom stereocenters. The van der Waals surface area contributed by atoms with Crippen LogP contribution in [0.15, 0.2) is 49.8 Å². The minimum absolute atomic E-state index is 0.134. The lowest BCUT2D eigenvalue weighted by Crippen LogP contribution is -1.78. The number of rotatable bonds is 1. The van der Waals surface area contributed by atoms with Crippen molar-refractivity contribution in [3.8, 4) is 17.2 Å². The highest BCUT2D eigenvalue weighted by Gasteiger charge is 2.12. The number of aromatic hydroxyl groups is 1. The molecule has 0 radical (unpaired) electrons. The molecule has 1 heterocycles. The van der Waals surface area contributed by atoms with Gasteiger partial charge in [0, 0.05) is 8.95 Å². The van der Waals surface area contributed by atoms with E-state index < -0.39 is 0 Å². The van der Waals surface area contributed by atoms with Gasteiger partial charge in [-0.15, -0.1) is 0 Å². The summed E-state index contributed by atoms with van der Waals surface area (Å²) >= 11 is 6.68. The molecule has 5 heteroatoms. The van der Waals surface area contributed by atoms with Crippen molar-refractivity contribution in [2.75, 3.05) is 0 Å². The summed E-state index contributed by atoms with van der Waals surface area (Å²) in [6, 6.07) is 10.8. The molecule has 0 aliphatic carbocycles. The minimum Gasteiger partial charge on any atom is -0.507 e.